The summed E-state index contributed by atoms with van der Waals surface area (Å²) in [4.78, 5) is 0. The Labute approximate surface area is 96.5 Å². The van der Waals surface area contributed by atoms with E-state index in [2.05, 4.69) is 62.0 Å². The average Bonchev–Trinajstić information content (AvgIpc) is 3.02. The fourth-order valence-electron chi connectivity index (χ4n) is 1.03. The lowest BCUT2D eigenvalue weighted by molar-refractivity contribution is 1.09. The molecule has 0 aliphatic carbocycles. The van der Waals surface area contributed by atoms with E-state index in [-0.39, 0.29) is 0 Å². The summed E-state index contributed by atoms with van der Waals surface area (Å²) < 4.78 is 2.14. The van der Waals surface area contributed by atoms with Gasteiger partial charge in [0.25, 0.3) is 0 Å². The monoisotopic (exact) mass is 221 g/mol. The maximum atomic E-state index is 5.50. The fourth-order valence-corrected chi connectivity index (χ4v) is 1.03. The third-order valence-corrected chi connectivity index (χ3v) is 1.46. The number of hydrogen-bond acceptors (Lipinski definition) is 4. The smallest absolute Gasteiger partial charge is 0.0259 e. The van der Waals surface area contributed by atoms with Crippen LogP contribution in [0.4, 0.5) is 0 Å². The summed E-state index contributed by atoms with van der Waals surface area (Å²) in [5.74, 6) is 0. The second-order valence-electron chi connectivity index (χ2n) is 2.00. The molecule has 0 saturated carbocycles. The number of hydrogen-bond donors (Lipinski definition) is 4. The third kappa shape index (κ3) is 7.14. The number of aromatic nitrogens is 1. The molecule has 0 amide bonds. The maximum Gasteiger partial charge on any atom is 0.0259 e. The summed E-state index contributed by atoms with van der Waals surface area (Å²) in [6.07, 6.45) is 7.43. The van der Waals surface area contributed by atoms with Crippen molar-refractivity contribution in [1.29, 1.82) is 21.6 Å². The minimum atomic E-state index is 1.10. The van der Waals surface area contributed by atoms with Crippen molar-refractivity contribution < 1.29 is 0 Å². The van der Waals surface area contributed by atoms with Crippen LogP contribution in [0.5, 0.6) is 0 Å². The van der Waals surface area contributed by atoms with Crippen LogP contribution in [0.15, 0.2) is 24.4 Å². The van der Waals surface area contributed by atoms with Crippen molar-refractivity contribution in [1.82, 2.24) is 4.57 Å². The van der Waals surface area contributed by atoms with Crippen molar-refractivity contribution in [2.45, 2.75) is 6.42 Å². The molecule has 0 radical (unpaired) electrons. The molecule has 0 spiro atoms. The van der Waals surface area contributed by atoms with E-state index >= 15 is 0 Å². The zero-order valence-corrected chi connectivity index (χ0v) is 9.37. The van der Waals surface area contributed by atoms with E-state index in [1.165, 1.54) is 5.69 Å². The molecule has 16 heavy (non-hydrogen) atoms. The van der Waals surface area contributed by atoms with Crippen LogP contribution in [-0.2, 0) is 6.42 Å². The van der Waals surface area contributed by atoms with Gasteiger partial charge in [0.2, 0.25) is 0 Å². The normalized spacial score (nSPS) is 8.25. The molecule has 1 aliphatic rings. The quantitative estimate of drug-likeness (QED) is 0.484. The van der Waals surface area contributed by atoms with E-state index in [0.717, 1.165) is 6.42 Å². The number of fused-ring (bicyclic) bond motifs is 1. The van der Waals surface area contributed by atoms with Gasteiger partial charge in [0.05, 0.1) is 0 Å². The molecule has 0 fully saturated rings. The van der Waals surface area contributed by atoms with Gasteiger partial charge < -0.3 is 26.2 Å². The molecule has 0 aromatic carbocycles. The number of nitrogens with one attached hydrogen (secondary N) is 4. The second kappa shape index (κ2) is 18.5. The van der Waals surface area contributed by atoms with Crippen molar-refractivity contribution in [3.05, 3.63) is 30.1 Å². The molecule has 4 N–H and O–H groups in total. The summed E-state index contributed by atoms with van der Waals surface area (Å²) >= 11 is 0. The van der Waals surface area contributed by atoms with Gasteiger partial charge in [0.1, 0.15) is 0 Å². The molecular weight excluding hydrogens is 202 g/mol. The Balaban J connectivity index is -0.000000183. The Bertz CT molecular complexity index is 272. The van der Waals surface area contributed by atoms with Gasteiger partial charge in [0.15, 0.2) is 0 Å². The van der Waals surface area contributed by atoms with E-state index in [0.29, 0.717) is 0 Å². The predicted octanol–water partition coefficient (Wildman–Crippen LogP) is 2.58. The molecule has 5 nitrogen and oxygen atoms in total. The van der Waals surface area contributed by atoms with E-state index in [4.69, 9.17) is 21.6 Å². The lowest BCUT2D eigenvalue weighted by Crippen LogP contribution is -1.81. The standard InChI is InChI=1S/C7H7N.4CH3N/c1-3-7-4-2-6-8(7)5-1;4*1-2/h1-3,5-6H,4H2;4*2H,1H2. The van der Waals surface area contributed by atoms with Gasteiger partial charge in [-0.15, -0.1) is 0 Å². The molecule has 0 saturated heterocycles. The Morgan fingerprint density at radius 2 is 1.44 bits per heavy atom. The van der Waals surface area contributed by atoms with E-state index in [1.807, 2.05) is 0 Å². The van der Waals surface area contributed by atoms with Crippen molar-refractivity contribution in [3.8, 4) is 0 Å². The van der Waals surface area contributed by atoms with E-state index < -0.39 is 0 Å². The van der Waals surface area contributed by atoms with Crippen LogP contribution in [0.1, 0.15) is 5.69 Å². The van der Waals surface area contributed by atoms with Crippen molar-refractivity contribution in [3.63, 3.8) is 0 Å². The third-order valence-electron chi connectivity index (χ3n) is 1.46. The van der Waals surface area contributed by atoms with E-state index in [9.17, 15) is 0 Å². The zero-order chi connectivity index (χ0) is 13.4. The highest BCUT2D eigenvalue weighted by atomic mass is 15.0. The average molecular weight is 221 g/mol. The fraction of sp³-hybridized carbons (Fsp3) is 0.0909. The highest BCUT2D eigenvalue weighted by Crippen LogP contribution is 2.10. The van der Waals surface area contributed by atoms with Gasteiger partial charge in [-0.25, -0.2) is 0 Å². The molecule has 1 aromatic heterocycles. The Kier molecular flexibility index (Phi) is 22.3. The molecule has 0 atom stereocenters. The van der Waals surface area contributed by atoms with Gasteiger partial charge in [0, 0.05) is 24.5 Å². The molecule has 5 heteroatoms. The topological polar surface area (TPSA) is 100 Å². The van der Waals surface area contributed by atoms with Gasteiger partial charge in [-0.2, -0.15) is 0 Å². The molecule has 0 bridgehead atoms. The van der Waals surface area contributed by atoms with Gasteiger partial charge >= 0.3 is 0 Å². The van der Waals surface area contributed by atoms with Crippen molar-refractivity contribution >= 4 is 33.1 Å². The largest absolute Gasteiger partial charge is 0.328 e. The van der Waals surface area contributed by atoms with Crippen LogP contribution in [0, 0.1) is 21.6 Å². The van der Waals surface area contributed by atoms with Gasteiger partial charge in [-0.3, -0.25) is 0 Å². The lowest BCUT2D eigenvalue weighted by atomic mass is 10.3. The van der Waals surface area contributed by atoms with Crippen LogP contribution in [-0.4, -0.2) is 31.4 Å². The van der Waals surface area contributed by atoms with Crippen LogP contribution >= 0.6 is 0 Å². The molecular formula is C11H19N5. The van der Waals surface area contributed by atoms with E-state index in [1.54, 1.807) is 0 Å². The van der Waals surface area contributed by atoms with Crippen molar-refractivity contribution in [2.24, 2.45) is 0 Å². The first-order valence-corrected chi connectivity index (χ1v) is 4.20. The molecule has 0 unspecified atom stereocenters. The molecule has 2 heterocycles. The Morgan fingerprint density at radius 3 is 1.88 bits per heavy atom. The zero-order valence-electron chi connectivity index (χ0n) is 9.37. The number of rotatable bonds is 0. The summed E-state index contributed by atoms with van der Waals surface area (Å²) in [7, 11) is 0. The van der Waals surface area contributed by atoms with Crippen LogP contribution in [0.3, 0.4) is 0 Å². The summed E-state index contributed by atoms with van der Waals surface area (Å²) in [5.41, 5.74) is 1.39. The minimum absolute atomic E-state index is 1.10. The number of allylic oxidation sites excluding steroid dienone is 1. The number of nitrogens with zero attached hydrogens (tertiary/aromatic N) is 1. The summed E-state index contributed by atoms with van der Waals surface area (Å²) in [5, 5.41) is 22.0. The summed E-state index contributed by atoms with van der Waals surface area (Å²) in [6, 6.07) is 4.21. The van der Waals surface area contributed by atoms with Gasteiger partial charge in [-0.1, -0.05) is 6.08 Å². The molecule has 1 aliphatic heterocycles. The predicted molar refractivity (Wildman–Crippen MR) is 72.8 cm³/mol. The summed E-state index contributed by atoms with van der Waals surface area (Å²) in [6.45, 7) is 10.0. The Hall–Kier alpha value is -2.30. The van der Waals surface area contributed by atoms with Crippen LogP contribution in [0.2, 0.25) is 0 Å². The Morgan fingerprint density at radius 1 is 0.938 bits per heavy atom. The van der Waals surface area contributed by atoms with Crippen LogP contribution < -0.4 is 0 Å². The highest BCUT2D eigenvalue weighted by molar-refractivity contribution is 5.36. The van der Waals surface area contributed by atoms with Crippen molar-refractivity contribution in [2.75, 3.05) is 0 Å². The highest BCUT2D eigenvalue weighted by Gasteiger charge is 1.99. The minimum Gasteiger partial charge on any atom is -0.328 e. The molecule has 88 valence electrons. The molecule has 1 aromatic rings. The first-order chi connectivity index (χ1) is 7.97. The SMILES string of the molecule is C1=Cn2cccc2C1.C=N.C=N.C=N.C=N. The lowest BCUT2D eigenvalue weighted by Gasteiger charge is -1.88. The van der Waals surface area contributed by atoms with Gasteiger partial charge in [-0.05, 0) is 39.0 Å². The molecule has 2 rings (SSSR count). The second-order valence-corrected chi connectivity index (χ2v) is 2.00. The first-order valence-electron chi connectivity index (χ1n) is 4.20. The first kappa shape index (κ1) is 19.3. The maximum absolute atomic E-state index is 5.50. The van der Waals surface area contributed by atoms with Crippen LogP contribution in [0.25, 0.3) is 6.20 Å².